The van der Waals surface area contributed by atoms with E-state index in [1.807, 2.05) is 31.2 Å². The molecule has 128 valence electrons. The molecule has 25 heavy (non-hydrogen) atoms. The molecule has 0 radical (unpaired) electrons. The minimum atomic E-state index is -0.291. The van der Waals surface area contributed by atoms with Gasteiger partial charge in [0.1, 0.15) is 5.69 Å². The Kier molecular flexibility index (Phi) is 3.80. The van der Waals surface area contributed by atoms with Crippen molar-refractivity contribution in [3.63, 3.8) is 0 Å². The summed E-state index contributed by atoms with van der Waals surface area (Å²) in [5.41, 5.74) is 4.95. The molecule has 3 atom stereocenters. The predicted molar refractivity (Wildman–Crippen MR) is 100 cm³/mol. The summed E-state index contributed by atoms with van der Waals surface area (Å²) in [7, 11) is 0. The number of rotatable bonds is 2. The lowest BCUT2D eigenvalue weighted by atomic mass is 9.74. The Labute approximate surface area is 151 Å². The number of nitro benzene ring substituents is 1. The Bertz CT molecular complexity index is 907. The predicted octanol–water partition coefficient (Wildman–Crippen LogP) is 5.69. The number of nitrogens with zero attached hydrogens (tertiary/aromatic N) is 1. The standard InChI is InChI=1S/C20H19ClN2O2/c1-11-10-17(23(24)25)20-18(12(11)2)13-7-5-8-14(13)19(22-20)15-6-3-4-9-16(15)21/h3-7,9-10,13-14,19,22H,8H2,1-2H3/t13-,14-,19-/m1/s1. The highest BCUT2D eigenvalue weighted by Gasteiger charge is 2.42. The summed E-state index contributed by atoms with van der Waals surface area (Å²) in [6.07, 6.45) is 5.32. The van der Waals surface area contributed by atoms with Crippen LogP contribution in [0.25, 0.3) is 0 Å². The van der Waals surface area contributed by atoms with Gasteiger partial charge in [-0.15, -0.1) is 0 Å². The number of benzene rings is 2. The number of halogens is 1. The zero-order valence-electron chi connectivity index (χ0n) is 14.1. The minimum absolute atomic E-state index is 0.0398. The molecular formula is C20H19ClN2O2. The average molecular weight is 355 g/mol. The molecule has 1 N–H and O–H groups in total. The molecule has 1 heterocycles. The monoisotopic (exact) mass is 354 g/mol. The summed E-state index contributed by atoms with van der Waals surface area (Å²) in [6.45, 7) is 4.00. The lowest BCUT2D eigenvalue weighted by molar-refractivity contribution is -0.384. The van der Waals surface area contributed by atoms with Crippen molar-refractivity contribution in [3.05, 3.63) is 79.9 Å². The number of anilines is 1. The smallest absolute Gasteiger partial charge is 0.292 e. The van der Waals surface area contributed by atoms with Crippen molar-refractivity contribution < 1.29 is 4.92 Å². The van der Waals surface area contributed by atoms with Crippen molar-refractivity contribution in [1.29, 1.82) is 0 Å². The largest absolute Gasteiger partial charge is 0.372 e. The Balaban J connectivity index is 1.94. The highest BCUT2D eigenvalue weighted by atomic mass is 35.5. The highest BCUT2D eigenvalue weighted by molar-refractivity contribution is 6.31. The summed E-state index contributed by atoms with van der Waals surface area (Å²) < 4.78 is 0. The van der Waals surface area contributed by atoms with Crippen LogP contribution in [-0.2, 0) is 0 Å². The molecule has 2 aliphatic rings. The second-order valence-corrected chi connectivity index (χ2v) is 7.29. The zero-order valence-corrected chi connectivity index (χ0v) is 14.9. The first-order valence-corrected chi connectivity index (χ1v) is 8.83. The molecule has 0 amide bonds. The molecule has 0 bridgehead atoms. The van der Waals surface area contributed by atoms with Crippen LogP contribution in [0.4, 0.5) is 11.4 Å². The van der Waals surface area contributed by atoms with Gasteiger partial charge in [-0.3, -0.25) is 10.1 Å². The van der Waals surface area contributed by atoms with E-state index in [1.54, 1.807) is 6.07 Å². The molecule has 2 aromatic carbocycles. The molecular weight excluding hydrogens is 336 g/mol. The van der Waals surface area contributed by atoms with Crippen LogP contribution in [0.2, 0.25) is 5.02 Å². The first kappa shape index (κ1) is 16.2. The third-order valence-electron chi connectivity index (χ3n) is 5.59. The minimum Gasteiger partial charge on any atom is -0.372 e. The van der Waals surface area contributed by atoms with Gasteiger partial charge in [0.25, 0.3) is 5.69 Å². The molecule has 2 aromatic rings. The molecule has 4 nitrogen and oxygen atoms in total. The van der Waals surface area contributed by atoms with E-state index >= 15 is 0 Å². The SMILES string of the molecule is Cc1cc([N+](=O)[O-])c2c(c1C)[C@@H]1C=CC[C@H]1[C@H](c1ccccc1Cl)N2. The molecule has 0 aromatic heterocycles. The van der Waals surface area contributed by atoms with Crippen molar-refractivity contribution in [1.82, 2.24) is 0 Å². The first-order chi connectivity index (χ1) is 12.0. The lowest BCUT2D eigenvalue weighted by Crippen LogP contribution is -2.30. The molecule has 0 fully saturated rings. The topological polar surface area (TPSA) is 55.2 Å². The van der Waals surface area contributed by atoms with Crippen molar-refractivity contribution in [3.8, 4) is 0 Å². The van der Waals surface area contributed by atoms with Crippen LogP contribution in [0.15, 0.2) is 42.5 Å². The van der Waals surface area contributed by atoms with Crippen LogP contribution in [0.3, 0.4) is 0 Å². The van der Waals surface area contributed by atoms with Gasteiger partial charge in [-0.05, 0) is 54.5 Å². The maximum atomic E-state index is 11.7. The van der Waals surface area contributed by atoms with E-state index in [1.165, 1.54) is 0 Å². The summed E-state index contributed by atoms with van der Waals surface area (Å²) in [5.74, 6) is 0.489. The molecule has 0 saturated heterocycles. The number of nitrogens with one attached hydrogen (secondary N) is 1. The fraction of sp³-hybridized carbons (Fsp3) is 0.300. The van der Waals surface area contributed by atoms with Crippen molar-refractivity contribution in [2.75, 3.05) is 5.32 Å². The van der Waals surface area contributed by atoms with E-state index in [4.69, 9.17) is 11.6 Å². The second kappa shape index (κ2) is 5.88. The van der Waals surface area contributed by atoms with Gasteiger partial charge in [-0.1, -0.05) is 42.0 Å². The third kappa shape index (κ3) is 2.44. The van der Waals surface area contributed by atoms with E-state index < -0.39 is 0 Å². The number of allylic oxidation sites excluding steroid dienone is 2. The third-order valence-corrected chi connectivity index (χ3v) is 5.93. The summed E-state index contributed by atoms with van der Waals surface area (Å²) in [5, 5.41) is 15.8. The summed E-state index contributed by atoms with van der Waals surface area (Å²) in [6, 6.07) is 9.38. The lowest BCUT2D eigenvalue weighted by Gasteiger charge is -2.38. The van der Waals surface area contributed by atoms with Crippen LogP contribution in [0, 0.1) is 29.9 Å². The first-order valence-electron chi connectivity index (χ1n) is 8.45. The van der Waals surface area contributed by atoms with Gasteiger partial charge in [-0.25, -0.2) is 0 Å². The van der Waals surface area contributed by atoms with Gasteiger partial charge in [-0.2, -0.15) is 0 Å². The van der Waals surface area contributed by atoms with Gasteiger partial charge in [0.05, 0.1) is 11.0 Å². The molecule has 1 aliphatic carbocycles. The average Bonchev–Trinajstić information content (AvgIpc) is 3.07. The summed E-state index contributed by atoms with van der Waals surface area (Å²) in [4.78, 5) is 11.4. The van der Waals surface area contributed by atoms with Crippen LogP contribution < -0.4 is 5.32 Å². The molecule has 0 unspecified atom stereocenters. The number of hydrogen-bond acceptors (Lipinski definition) is 3. The Morgan fingerprint density at radius 2 is 2.04 bits per heavy atom. The van der Waals surface area contributed by atoms with E-state index in [-0.39, 0.29) is 22.6 Å². The van der Waals surface area contributed by atoms with Crippen molar-refractivity contribution in [2.45, 2.75) is 32.2 Å². The molecule has 5 heteroatoms. The van der Waals surface area contributed by atoms with E-state index in [9.17, 15) is 10.1 Å². The molecule has 0 spiro atoms. The molecule has 4 rings (SSSR count). The van der Waals surface area contributed by atoms with Crippen LogP contribution in [-0.4, -0.2) is 4.92 Å². The van der Waals surface area contributed by atoms with Crippen molar-refractivity contribution in [2.24, 2.45) is 5.92 Å². The maximum Gasteiger partial charge on any atom is 0.292 e. The van der Waals surface area contributed by atoms with E-state index in [0.717, 1.165) is 28.7 Å². The number of aryl methyl sites for hydroxylation is 1. The summed E-state index contributed by atoms with van der Waals surface area (Å²) >= 11 is 6.44. The van der Waals surface area contributed by atoms with Crippen molar-refractivity contribution >= 4 is 23.0 Å². The van der Waals surface area contributed by atoms with E-state index in [2.05, 4.69) is 24.4 Å². The van der Waals surface area contributed by atoms with Gasteiger partial charge in [0.2, 0.25) is 0 Å². The van der Waals surface area contributed by atoms with Crippen LogP contribution in [0.5, 0.6) is 0 Å². The zero-order chi connectivity index (χ0) is 17.7. The fourth-order valence-corrected chi connectivity index (χ4v) is 4.51. The maximum absolute atomic E-state index is 11.7. The van der Waals surface area contributed by atoms with Gasteiger partial charge >= 0.3 is 0 Å². The number of nitro groups is 1. The number of fused-ring (bicyclic) bond motifs is 3. The van der Waals surface area contributed by atoms with Crippen LogP contribution >= 0.6 is 11.6 Å². The van der Waals surface area contributed by atoms with E-state index in [0.29, 0.717) is 16.6 Å². The van der Waals surface area contributed by atoms with Gasteiger partial charge < -0.3 is 5.32 Å². The quantitative estimate of drug-likeness (QED) is 0.428. The fourth-order valence-electron chi connectivity index (χ4n) is 4.26. The Morgan fingerprint density at radius 3 is 2.76 bits per heavy atom. The van der Waals surface area contributed by atoms with Gasteiger partial charge in [0, 0.05) is 17.0 Å². The Hall–Kier alpha value is -2.33. The highest BCUT2D eigenvalue weighted by Crippen LogP contribution is 2.54. The normalized spacial score (nSPS) is 23.7. The van der Waals surface area contributed by atoms with Crippen LogP contribution in [0.1, 0.15) is 40.6 Å². The Morgan fingerprint density at radius 1 is 1.28 bits per heavy atom. The van der Waals surface area contributed by atoms with Gasteiger partial charge in [0.15, 0.2) is 0 Å². The molecule has 0 saturated carbocycles. The number of hydrogen-bond donors (Lipinski definition) is 1. The molecule has 1 aliphatic heterocycles. The second-order valence-electron chi connectivity index (χ2n) is 6.88.